The van der Waals surface area contributed by atoms with E-state index in [1.165, 1.54) is 6.08 Å². The Morgan fingerprint density at radius 1 is 1.04 bits per heavy atom. The minimum Gasteiger partial charge on any atom is -0.456 e. The third-order valence-electron chi connectivity index (χ3n) is 4.04. The second kappa shape index (κ2) is 7.66. The zero-order chi connectivity index (χ0) is 18.5. The number of nitrogens with zero attached hydrogens (tertiary/aromatic N) is 2. The molecule has 0 spiro atoms. The van der Waals surface area contributed by atoms with E-state index in [0.29, 0.717) is 11.5 Å². The molecule has 0 aliphatic carbocycles. The second-order valence-electron chi connectivity index (χ2n) is 5.91. The predicted octanol–water partition coefficient (Wildman–Crippen LogP) is 4.65. The fraction of sp³-hybridized carbons (Fsp3) is 0.0455. The van der Waals surface area contributed by atoms with Crippen LogP contribution in [0.4, 0.5) is 0 Å². The van der Waals surface area contributed by atoms with Crippen LogP contribution in [0.2, 0.25) is 0 Å². The van der Waals surface area contributed by atoms with Crippen LogP contribution in [0, 0.1) is 0 Å². The van der Waals surface area contributed by atoms with Gasteiger partial charge < -0.3 is 9.26 Å². The number of rotatable bonds is 5. The van der Waals surface area contributed by atoms with Gasteiger partial charge in [-0.25, -0.2) is 4.79 Å². The van der Waals surface area contributed by atoms with E-state index in [1.54, 1.807) is 18.3 Å². The Kier molecular flexibility index (Phi) is 4.74. The Hall–Kier alpha value is -3.73. The summed E-state index contributed by atoms with van der Waals surface area (Å²) in [6.07, 6.45) is 4.82. The monoisotopic (exact) mass is 356 g/mol. The van der Waals surface area contributed by atoms with Gasteiger partial charge in [-0.05, 0) is 12.1 Å². The van der Waals surface area contributed by atoms with E-state index in [4.69, 9.17) is 9.26 Å². The highest BCUT2D eigenvalue weighted by atomic mass is 16.5. The molecular weight excluding hydrogens is 340 g/mol. The summed E-state index contributed by atoms with van der Waals surface area (Å²) in [7, 11) is 0. The molecule has 2 heterocycles. The van der Waals surface area contributed by atoms with Gasteiger partial charge in [0, 0.05) is 34.9 Å². The molecule has 0 aliphatic rings. The molecule has 0 aliphatic heterocycles. The Morgan fingerprint density at radius 3 is 2.78 bits per heavy atom. The van der Waals surface area contributed by atoms with Gasteiger partial charge in [-0.1, -0.05) is 59.8 Å². The first-order chi connectivity index (χ1) is 13.3. The summed E-state index contributed by atoms with van der Waals surface area (Å²) in [5.41, 5.74) is 3.18. The molecule has 2 aromatic carbocycles. The van der Waals surface area contributed by atoms with Crippen molar-refractivity contribution in [2.75, 3.05) is 0 Å². The molecule has 4 rings (SSSR count). The molecule has 5 nitrogen and oxygen atoms in total. The smallest absolute Gasteiger partial charge is 0.331 e. The van der Waals surface area contributed by atoms with Crippen LogP contribution in [0.25, 0.3) is 28.3 Å². The number of ether oxygens (including phenoxy) is 1. The number of carbonyl (C=O) groups is 1. The second-order valence-corrected chi connectivity index (χ2v) is 5.91. The van der Waals surface area contributed by atoms with Gasteiger partial charge in [0.1, 0.15) is 12.3 Å². The molecule has 0 unspecified atom stereocenters. The van der Waals surface area contributed by atoms with Gasteiger partial charge in [0.2, 0.25) is 0 Å². The zero-order valence-corrected chi connectivity index (χ0v) is 14.4. The van der Waals surface area contributed by atoms with Crippen molar-refractivity contribution in [3.63, 3.8) is 0 Å². The Labute approximate surface area is 155 Å². The van der Waals surface area contributed by atoms with Crippen molar-refractivity contribution in [3.05, 3.63) is 90.3 Å². The fourth-order valence-electron chi connectivity index (χ4n) is 2.73. The molecule has 0 atom stereocenters. The van der Waals surface area contributed by atoms with Gasteiger partial charge in [-0.15, -0.1) is 0 Å². The number of esters is 1. The van der Waals surface area contributed by atoms with Crippen LogP contribution >= 0.6 is 0 Å². The summed E-state index contributed by atoms with van der Waals surface area (Å²) in [5, 5.41) is 4.96. The molecule has 0 saturated carbocycles. The van der Waals surface area contributed by atoms with E-state index in [9.17, 15) is 4.79 Å². The van der Waals surface area contributed by atoms with Crippen molar-refractivity contribution in [1.29, 1.82) is 0 Å². The Bertz CT molecular complexity index is 1100. The van der Waals surface area contributed by atoms with E-state index in [1.807, 2.05) is 60.7 Å². The van der Waals surface area contributed by atoms with Gasteiger partial charge in [0.05, 0.1) is 5.52 Å². The molecular formula is C22H16N2O3. The maximum absolute atomic E-state index is 12.0. The van der Waals surface area contributed by atoms with Gasteiger partial charge in [-0.2, -0.15) is 0 Å². The lowest BCUT2D eigenvalue weighted by atomic mass is 10.1. The summed E-state index contributed by atoms with van der Waals surface area (Å²) < 4.78 is 10.5. The number of pyridine rings is 1. The number of hydrogen-bond donors (Lipinski definition) is 0. The molecule has 0 N–H and O–H groups in total. The highest BCUT2D eigenvalue weighted by molar-refractivity contribution is 5.92. The third kappa shape index (κ3) is 3.93. The maximum Gasteiger partial charge on any atom is 0.331 e. The SMILES string of the molecule is O=C(/C=C/c1cccc2cccnc12)OCc1cc(-c2ccccc2)on1. The number of hydrogen-bond acceptors (Lipinski definition) is 5. The van der Waals surface area contributed by atoms with E-state index >= 15 is 0 Å². The quantitative estimate of drug-likeness (QED) is 0.385. The summed E-state index contributed by atoms with van der Waals surface area (Å²) in [6.45, 7) is 0.0489. The molecule has 4 aromatic rings. The lowest BCUT2D eigenvalue weighted by Crippen LogP contribution is -2.00. The van der Waals surface area contributed by atoms with Crippen molar-refractivity contribution in [2.45, 2.75) is 6.61 Å². The van der Waals surface area contributed by atoms with Crippen LogP contribution in [0.15, 0.2) is 83.5 Å². The van der Waals surface area contributed by atoms with Gasteiger partial charge >= 0.3 is 5.97 Å². The minimum atomic E-state index is -0.452. The first-order valence-electron chi connectivity index (χ1n) is 8.49. The van der Waals surface area contributed by atoms with Crippen molar-refractivity contribution in [2.24, 2.45) is 0 Å². The van der Waals surface area contributed by atoms with Crippen molar-refractivity contribution < 1.29 is 14.1 Å². The number of aromatic nitrogens is 2. The average Bonchev–Trinajstić information content (AvgIpc) is 3.20. The van der Waals surface area contributed by atoms with Crippen LogP contribution < -0.4 is 0 Å². The van der Waals surface area contributed by atoms with Crippen molar-refractivity contribution in [3.8, 4) is 11.3 Å². The highest BCUT2D eigenvalue weighted by Gasteiger charge is 2.08. The molecule has 0 radical (unpaired) electrons. The number of benzene rings is 2. The Balaban J connectivity index is 1.40. The normalized spacial score (nSPS) is 11.1. The topological polar surface area (TPSA) is 65.2 Å². The average molecular weight is 356 g/mol. The van der Waals surface area contributed by atoms with E-state index in [0.717, 1.165) is 22.0 Å². The molecule has 2 aromatic heterocycles. The molecule has 0 fully saturated rings. The van der Waals surface area contributed by atoms with E-state index in [2.05, 4.69) is 10.1 Å². The predicted molar refractivity (Wildman–Crippen MR) is 103 cm³/mol. The van der Waals surface area contributed by atoms with Crippen molar-refractivity contribution in [1.82, 2.24) is 10.1 Å². The van der Waals surface area contributed by atoms with E-state index < -0.39 is 5.97 Å². The van der Waals surface area contributed by atoms with Crippen LogP contribution in [-0.4, -0.2) is 16.1 Å². The zero-order valence-electron chi connectivity index (χ0n) is 14.4. The summed E-state index contributed by atoms with van der Waals surface area (Å²) >= 11 is 0. The van der Waals surface area contributed by atoms with Gasteiger partial charge in [0.25, 0.3) is 0 Å². The summed E-state index contributed by atoms with van der Waals surface area (Å²) in [6, 6.07) is 21.1. The molecule has 0 saturated heterocycles. The van der Waals surface area contributed by atoms with Crippen LogP contribution in [0.3, 0.4) is 0 Å². The largest absolute Gasteiger partial charge is 0.456 e. The number of para-hydroxylation sites is 1. The van der Waals surface area contributed by atoms with Crippen molar-refractivity contribution >= 4 is 22.9 Å². The van der Waals surface area contributed by atoms with Crippen LogP contribution in [0.1, 0.15) is 11.3 Å². The van der Waals surface area contributed by atoms with Crippen LogP contribution in [0.5, 0.6) is 0 Å². The molecule has 0 amide bonds. The third-order valence-corrected chi connectivity index (χ3v) is 4.04. The lowest BCUT2D eigenvalue weighted by molar-refractivity contribution is -0.139. The first kappa shape index (κ1) is 16.7. The van der Waals surface area contributed by atoms with Gasteiger partial charge in [-0.3, -0.25) is 4.98 Å². The molecule has 0 bridgehead atoms. The summed E-state index contributed by atoms with van der Waals surface area (Å²) in [4.78, 5) is 16.4. The standard InChI is InChI=1S/C22H16N2O3/c25-21(12-11-18-9-4-8-17-10-5-13-23-22(17)18)26-15-19-14-20(27-24-19)16-6-2-1-3-7-16/h1-14H,15H2/b12-11+. The highest BCUT2D eigenvalue weighted by Crippen LogP contribution is 2.20. The molecule has 27 heavy (non-hydrogen) atoms. The first-order valence-corrected chi connectivity index (χ1v) is 8.49. The van der Waals surface area contributed by atoms with E-state index in [-0.39, 0.29) is 6.61 Å². The lowest BCUT2D eigenvalue weighted by Gasteiger charge is -2.01. The number of carbonyl (C=O) groups excluding carboxylic acids is 1. The Morgan fingerprint density at radius 2 is 1.89 bits per heavy atom. The number of fused-ring (bicyclic) bond motifs is 1. The summed E-state index contributed by atoms with van der Waals surface area (Å²) in [5.74, 6) is 0.186. The molecule has 5 heteroatoms. The maximum atomic E-state index is 12.0. The van der Waals surface area contributed by atoms with Crippen LogP contribution in [-0.2, 0) is 16.1 Å². The van der Waals surface area contributed by atoms with Gasteiger partial charge in [0.15, 0.2) is 5.76 Å². The minimum absolute atomic E-state index is 0.0489. The molecule has 132 valence electrons. The fourth-order valence-corrected chi connectivity index (χ4v) is 2.73.